The van der Waals surface area contributed by atoms with Gasteiger partial charge in [-0.1, -0.05) is 0 Å². The van der Waals surface area contributed by atoms with Gasteiger partial charge in [0, 0.05) is 18.6 Å². The number of hydrogen-bond acceptors (Lipinski definition) is 1. The summed E-state index contributed by atoms with van der Waals surface area (Å²) in [5.74, 6) is 0. The fourth-order valence-corrected chi connectivity index (χ4v) is 0.882. The summed E-state index contributed by atoms with van der Waals surface area (Å²) in [5, 5.41) is 0. The Morgan fingerprint density at radius 2 is 2.20 bits per heavy atom. The van der Waals surface area contributed by atoms with E-state index in [9.17, 15) is 0 Å². The minimum atomic E-state index is 0. The Morgan fingerprint density at radius 1 is 1.30 bits per heavy atom. The number of halogens is 1. The predicted molar refractivity (Wildman–Crippen MR) is 42.4 cm³/mol. The van der Waals surface area contributed by atoms with E-state index in [4.69, 9.17) is 0 Å². The van der Waals surface area contributed by atoms with Crippen LogP contribution in [0.1, 0.15) is 0 Å². The van der Waals surface area contributed by atoms with Gasteiger partial charge in [-0.25, -0.2) is 0 Å². The van der Waals surface area contributed by atoms with Gasteiger partial charge in [0.1, 0.15) is 0 Å². The van der Waals surface area contributed by atoms with Gasteiger partial charge in [0.15, 0.2) is 0 Å². The Kier molecular flexibility index (Phi) is 1.92. The molecule has 0 amide bonds. The van der Waals surface area contributed by atoms with Crippen molar-refractivity contribution in [1.29, 1.82) is 0 Å². The molecule has 2 nitrogen and oxygen atoms in total. The molecule has 0 saturated heterocycles. The topological polar surface area (TPSA) is 17.3 Å². The van der Waals surface area contributed by atoms with Crippen molar-refractivity contribution in [3.63, 3.8) is 0 Å². The van der Waals surface area contributed by atoms with E-state index in [2.05, 4.69) is 4.98 Å². The van der Waals surface area contributed by atoms with Gasteiger partial charge in [-0.15, -0.1) is 12.4 Å². The van der Waals surface area contributed by atoms with E-state index in [1.807, 2.05) is 35.1 Å². The maximum absolute atomic E-state index is 3.96. The van der Waals surface area contributed by atoms with Crippen molar-refractivity contribution in [3.8, 4) is 0 Å². The molecule has 52 valence electrons. The molecule has 10 heavy (non-hydrogen) atoms. The standard InChI is InChI=1S/C7H6N2.ClH/c1-2-7-6-8-3-5-9(7)4-1;/h1-6H;1H. The van der Waals surface area contributed by atoms with Crippen LogP contribution in [0.4, 0.5) is 0 Å². The number of rotatable bonds is 0. The van der Waals surface area contributed by atoms with Crippen molar-refractivity contribution in [1.82, 2.24) is 9.38 Å². The van der Waals surface area contributed by atoms with Gasteiger partial charge in [0.05, 0.1) is 11.7 Å². The van der Waals surface area contributed by atoms with Gasteiger partial charge in [-0.2, -0.15) is 0 Å². The predicted octanol–water partition coefficient (Wildman–Crippen LogP) is 1.76. The molecule has 2 aromatic heterocycles. The Balaban J connectivity index is 0.000000500. The van der Waals surface area contributed by atoms with Gasteiger partial charge >= 0.3 is 0 Å². The van der Waals surface area contributed by atoms with Crippen molar-refractivity contribution in [3.05, 3.63) is 36.9 Å². The molecule has 0 radical (unpaired) electrons. The van der Waals surface area contributed by atoms with Crippen molar-refractivity contribution < 1.29 is 0 Å². The van der Waals surface area contributed by atoms with Gasteiger partial charge in [-0.05, 0) is 12.1 Å². The molecule has 2 rings (SSSR count). The lowest BCUT2D eigenvalue weighted by atomic mass is 10.5. The summed E-state index contributed by atoms with van der Waals surface area (Å²) in [6.45, 7) is 0. The molecule has 2 aromatic rings. The Hall–Kier alpha value is -1.02. The van der Waals surface area contributed by atoms with Crippen LogP contribution in [0.15, 0.2) is 36.9 Å². The molecule has 0 aromatic carbocycles. The molecule has 3 heteroatoms. The first-order valence-corrected chi connectivity index (χ1v) is 2.83. The lowest BCUT2D eigenvalue weighted by Gasteiger charge is -1.87. The van der Waals surface area contributed by atoms with Gasteiger partial charge in [0.25, 0.3) is 0 Å². The van der Waals surface area contributed by atoms with Crippen molar-refractivity contribution >= 4 is 17.9 Å². The average molecular weight is 155 g/mol. The fraction of sp³-hybridized carbons (Fsp3) is 0. The van der Waals surface area contributed by atoms with Crippen LogP contribution in [0, 0.1) is 0 Å². The molecule has 0 fully saturated rings. The van der Waals surface area contributed by atoms with Gasteiger partial charge in [0.2, 0.25) is 0 Å². The van der Waals surface area contributed by atoms with E-state index in [0.29, 0.717) is 0 Å². The quantitative estimate of drug-likeness (QED) is 0.565. The minimum Gasteiger partial charge on any atom is -0.321 e. The lowest BCUT2D eigenvalue weighted by molar-refractivity contribution is 1.14. The molecule has 0 N–H and O–H groups in total. The number of hydrogen-bond donors (Lipinski definition) is 0. The van der Waals surface area contributed by atoms with E-state index >= 15 is 0 Å². The maximum Gasteiger partial charge on any atom is 0.0634 e. The highest BCUT2D eigenvalue weighted by Crippen LogP contribution is 1.98. The SMILES string of the molecule is Cl.c1cc2cnccn2c1. The Morgan fingerprint density at radius 3 is 3.00 bits per heavy atom. The monoisotopic (exact) mass is 154 g/mol. The summed E-state index contributed by atoms with van der Waals surface area (Å²) in [6.07, 6.45) is 7.53. The van der Waals surface area contributed by atoms with Crippen molar-refractivity contribution in [2.75, 3.05) is 0 Å². The normalized spacial score (nSPS) is 9.20. The average Bonchev–Trinajstić information content (AvgIpc) is 2.33. The smallest absolute Gasteiger partial charge is 0.0634 e. The van der Waals surface area contributed by atoms with Crippen LogP contribution in [-0.4, -0.2) is 9.38 Å². The molecule has 2 heterocycles. The highest BCUT2D eigenvalue weighted by molar-refractivity contribution is 5.85. The van der Waals surface area contributed by atoms with Gasteiger partial charge in [-0.3, -0.25) is 4.98 Å². The molecule has 0 aliphatic heterocycles. The number of aromatic nitrogens is 2. The van der Waals surface area contributed by atoms with Crippen LogP contribution >= 0.6 is 12.4 Å². The highest BCUT2D eigenvalue weighted by atomic mass is 35.5. The molecule has 0 saturated carbocycles. The largest absolute Gasteiger partial charge is 0.321 e. The van der Waals surface area contributed by atoms with E-state index in [-0.39, 0.29) is 12.4 Å². The molecule has 0 spiro atoms. The first kappa shape index (κ1) is 7.09. The maximum atomic E-state index is 3.96. The third-order valence-electron chi connectivity index (χ3n) is 1.33. The van der Waals surface area contributed by atoms with E-state index in [1.54, 1.807) is 6.20 Å². The first-order chi connectivity index (χ1) is 4.47. The summed E-state index contributed by atoms with van der Waals surface area (Å²) in [6, 6.07) is 4.02. The summed E-state index contributed by atoms with van der Waals surface area (Å²) in [7, 11) is 0. The number of nitrogens with zero attached hydrogens (tertiary/aromatic N) is 2. The number of fused-ring (bicyclic) bond motifs is 1. The molecule has 0 bridgehead atoms. The summed E-state index contributed by atoms with van der Waals surface area (Å²) in [4.78, 5) is 3.96. The first-order valence-electron chi connectivity index (χ1n) is 2.83. The Bertz CT molecular complexity index is 286. The molecular formula is C7H7ClN2. The molecule has 0 aliphatic carbocycles. The van der Waals surface area contributed by atoms with Crippen LogP contribution in [-0.2, 0) is 0 Å². The third kappa shape index (κ3) is 0.977. The van der Waals surface area contributed by atoms with E-state index in [1.165, 1.54) is 0 Å². The van der Waals surface area contributed by atoms with Crippen LogP contribution in [0.5, 0.6) is 0 Å². The zero-order valence-corrected chi connectivity index (χ0v) is 6.08. The second kappa shape index (κ2) is 2.71. The van der Waals surface area contributed by atoms with Crippen LogP contribution in [0.3, 0.4) is 0 Å². The van der Waals surface area contributed by atoms with Crippen LogP contribution < -0.4 is 0 Å². The fourth-order valence-electron chi connectivity index (χ4n) is 0.882. The third-order valence-corrected chi connectivity index (χ3v) is 1.33. The zero-order chi connectivity index (χ0) is 6.10. The molecule has 0 atom stereocenters. The second-order valence-electron chi connectivity index (χ2n) is 1.92. The molecule has 0 unspecified atom stereocenters. The van der Waals surface area contributed by atoms with Crippen LogP contribution in [0.25, 0.3) is 5.52 Å². The molecule has 0 aliphatic rings. The zero-order valence-electron chi connectivity index (χ0n) is 5.27. The minimum absolute atomic E-state index is 0. The lowest BCUT2D eigenvalue weighted by Crippen LogP contribution is -1.79. The summed E-state index contributed by atoms with van der Waals surface area (Å²) < 4.78 is 2.02. The molecular weight excluding hydrogens is 148 g/mol. The summed E-state index contributed by atoms with van der Waals surface area (Å²) in [5.41, 5.74) is 1.14. The van der Waals surface area contributed by atoms with Crippen molar-refractivity contribution in [2.45, 2.75) is 0 Å². The highest BCUT2D eigenvalue weighted by Gasteiger charge is 1.84. The Labute approximate surface area is 64.9 Å². The van der Waals surface area contributed by atoms with E-state index < -0.39 is 0 Å². The van der Waals surface area contributed by atoms with Gasteiger partial charge < -0.3 is 4.40 Å². The summed E-state index contributed by atoms with van der Waals surface area (Å²) >= 11 is 0. The van der Waals surface area contributed by atoms with Crippen molar-refractivity contribution in [2.24, 2.45) is 0 Å². The van der Waals surface area contributed by atoms with Crippen LogP contribution in [0.2, 0.25) is 0 Å². The second-order valence-corrected chi connectivity index (χ2v) is 1.92. The van der Waals surface area contributed by atoms with E-state index in [0.717, 1.165) is 5.52 Å².